The minimum absolute atomic E-state index is 0.0105. The number of nitrogens with zero attached hydrogens (tertiary/aromatic N) is 3. The highest BCUT2D eigenvalue weighted by molar-refractivity contribution is 5.67. The van der Waals surface area contributed by atoms with E-state index in [1.165, 1.54) is 0 Å². The van der Waals surface area contributed by atoms with Gasteiger partial charge in [-0.1, -0.05) is 5.11 Å². The second-order valence-corrected chi connectivity index (χ2v) is 3.40. The fourth-order valence-corrected chi connectivity index (χ4v) is 1.38. The van der Waals surface area contributed by atoms with Crippen molar-refractivity contribution in [2.24, 2.45) is 5.11 Å². The van der Waals surface area contributed by atoms with Gasteiger partial charge in [-0.15, -0.1) is 0 Å². The topological polar surface area (TPSA) is 86.1 Å². The molecule has 1 atom stereocenters. The fourth-order valence-electron chi connectivity index (χ4n) is 1.38. The molecule has 17 heavy (non-hydrogen) atoms. The molecule has 0 amide bonds. The number of hydrogen-bond donors (Lipinski definition) is 1. The minimum Gasteiger partial charge on any atom is -0.481 e. The standard InChI is InChI=1S/C10H9F2N3O2/c11-7-1-2-9(12)6(3-7)4-8(14-15-13)5-10(16)17/h1-3,8H,4-5H2,(H,16,17). The van der Waals surface area contributed by atoms with Gasteiger partial charge in [-0.3, -0.25) is 4.79 Å². The second kappa shape index (κ2) is 5.81. The number of halogens is 2. The zero-order valence-electron chi connectivity index (χ0n) is 8.68. The van der Waals surface area contributed by atoms with Crippen LogP contribution in [0.25, 0.3) is 10.4 Å². The van der Waals surface area contributed by atoms with Crippen molar-refractivity contribution in [2.45, 2.75) is 18.9 Å². The largest absolute Gasteiger partial charge is 0.481 e. The van der Waals surface area contributed by atoms with Crippen LogP contribution in [0.1, 0.15) is 12.0 Å². The van der Waals surface area contributed by atoms with Crippen LogP contribution < -0.4 is 0 Å². The van der Waals surface area contributed by atoms with Gasteiger partial charge >= 0.3 is 5.97 Å². The lowest BCUT2D eigenvalue weighted by molar-refractivity contribution is -0.137. The van der Waals surface area contributed by atoms with Crippen molar-refractivity contribution < 1.29 is 18.7 Å². The van der Waals surface area contributed by atoms with Crippen LogP contribution in [0, 0.1) is 11.6 Å². The molecule has 1 unspecified atom stereocenters. The normalized spacial score (nSPS) is 11.6. The average Bonchev–Trinajstić information content (AvgIpc) is 2.23. The van der Waals surface area contributed by atoms with Gasteiger partial charge in [0, 0.05) is 4.91 Å². The highest BCUT2D eigenvalue weighted by Crippen LogP contribution is 2.15. The van der Waals surface area contributed by atoms with Crippen LogP contribution in [-0.2, 0) is 11.2 Å². The first-order valence-corrected chi connectivity index (χ1v) is 4.73. The predicted octanol–water partition coefficient (Wildman–Crippen LogP) is 2.66. The summed E-state index contributed by atoms with van der Waals surface area (Å²) in [5.41, 5.74) is 8.24. The van der Waals surface area contributed by atoms with Crippen molar-refractivity contribution in [3.05, 3.63) is 45.8 Å². The molecule has 1 aromatic rings. The Bertz CT molecular complexity index is 473. The monoisotopic (exact) mass is 241 g/mol. The molecule has 0 fully saturated rings. The molecule has 0 saturated carbocycles. The Morgan fingerprint density at radius 3 is 2.82 bits per heavy atom. The third kappa shape index (κ3) is 4.08. The van der Waals surface area contributed by atoms with Gasteiger partial charge in [-0.2, -0.15) is 0 Å². The number of carboxylic acids is 1. The van der Waals surface area contributed by atoms with E-state index in [4.69, 9.17) is 10.6 Å². The first-order valence-electron chi connectivity index (χ1n) is 4.73. The van der Waals surface area contributed by atoms with Crippen LogP contribution in [0.2, 0.25) is 0 Å². The highest BCUT2D eigenvalue weighted by Gasteiger charge is 2.15. The summed E-state index contributed by atoms with van der Waals surface area (Å²) in [6, 6.07) is 1.92. The van der Waals surface area contributed by atoms with Crippen LogP contribution in [0.4, 0.5) is 8.78 Å². The summed E-state index contributed by atoms with van der Waals surface area (Å²) in [5, 5.41) is 11.8. The molecule has 0 saturated heterocycles. The molecule has 1 N–H and O–H groups in total. The molecule has 0 aromatic heterocycles. The first kappa shape index (κ1) is 12.9. The third-order valence-electron chi connectivity index (χ3n) is 2.09. The summed E-state index contributed by atoms with van der Waals surface area (Å²) in [6.07, 6.45) is -0.583. The summed E-state index contributed by atoms with van der Waals surface area (Å²) in [5.74, 6) is -2.45. The maximum Gasteiger partial charge on any atom is 0.303 e. The van der Waals surface area contributed by atoms with E-state index in [-0.39, 0.29) is 12.0 Å². The second-order valence-electron chi connectivity index (χ2n) is 3.40. The molecule has 0 spiro atoms. The summed E-state index contributed by atoms with van der Waals surface area (Å²) in [6.45, 7) is 0. The van der Waals surface area contributed by atoms with Crippen LogP contribution in [0.5, 0.6) is 0 Å². The molecule has 0 aliphatic heterocycles. The molecule has 1 rings (SSSR count). The van der Waals surface area contributed by atoms with E-state index in [9.17, 15) is 13.6 Å². The molecular formula is C10H9F2N3O2. The Labute approximate surface area is 95.3 Å². The number of carboxylic acid groups (broad SMARTS) is 1. The Kier molecular flexibility index (Phi) is 4.42. The molecule has 5 nitrogen and oxygen atoms in total. The molecule has 90 valence electrons. The lowest BCUT2D eigenvalue weighted by Crippen LogP contribution is -2.14. The van der Waals surface area contributed by atoms with E-state index in [0.717, 1.165) is 18.2 Å². The van der Waals surface area contributed by atoms with E-state index in [1.54, 1.807) is 0 Å². The van der Waals surface area contributed by atoms with Crippen molar-refractivity contribution in [3.63, 3.8) is 0 Å². The number of azide groups is 1. The van der Waals surface area contributed by atoms with E-state index in [2.05, 4.69) is 10.0 Å². The summed E-state index contributed by atoms with van der Waals surface area (Å²) < 4.78 is 26.1. The molecule has 0 bridgehead atoms. The van der Waals surface area contributed by atoms with Crippen molar-refractivity contribution in [1.29, 1.82) is 0 Å². The molecular weight excluding hydrogens is 232 g/mol. The minimum atomic E-state index is -1.17. The van der Waals surface area contributed by atoms with Gasteiger partial charge in [0.15, 0.2) is 0 Å². The van der Waals surface area contributed by atoms with Crippen molar-refractivity contribution in [1.82, 2.24) is 0 Å². The van der Waals surface area contributed by atoms with E-state index in [0.29, 0.717) is 0 Å². The Morgan fingerprint density at radius 1 is 1.53 bits per heavy atom. The van der Waals surface area contributed by atoms with E-state index < -0.39 is 30.1 Å². The van der Waals surface area contributed by atoms with Crippen molar-refractivity contribution in [2.75, 3.05) is 0 Å². The molecule has 0 aliphatic rings. The summed E-state index contributed by atoms with van der Waals surface area (Å²) in [7, 11) is 0. The van der Waals surface area contributed by atoms with E-state index in [1.807, 2.05) is 0 Å². The molecule has 7 heteroatoms. The fraction of sp³-hybridized carbons (Fsp3) is 0.300. The number of aliphatic carboxylic acids is 1. The maximum absolute atomic E-state index is 13.3. The number of benzene rings is 1. The SMILES string of the molecule is [N-]=[N+]=NC(CC(=O)O)Cc1cc(F)ccc1F. The highest BCUT2D eigenvalue weighted by atomic mass is 19.1. The molecule has 0 aliphatic carbocycles. The molecule has 1 aromatic carbocycles. The van der Waals surface area contributed by atoms with Crippen molar-refractivity contribution in [3.8, 4) is 0 Å². The van der Waals surface area contributed by atoms with Gasteiger partial charge < -0.3 is 5.11 Å². The number of carbonyl (C=O) groups is 1. The third-order valence-corrected chi connectivity index (χ3v) is 2.09. The van der Waals surface area contributed by atoms with Crippen LogP contribution in [0.15, 0.2) is 23.3 Å². The zero-order chi connectivity index (χ0) is 12.8. The van der Waals surface area contributed by atoms with Gasteiger partial charge in [0.2, 0.25) is 0 Å². The Balaban J connectivity index is 2.88. The van der Waals surface area contributed by atoms with E-state index >= 15 is 0 Å². The Hall–Kier alpha value is -2.14. The van der Waals surface area contributed by atoms with Gasteiger partial charge in [0.1, 0.15) is 11.6 Å². The van der Waals surface area contributed by atoms with Gasteiger partial charge in [0.25, 0.3) is 0 Å². The van der Waals surface area contributed by atoms with Crippen molar-refractivity contribution >= 4 is 5.97 Å². The predicted molar refractivity (Wildman–Crippen MR) is 55.2 cm³/mol. The van der Waals surface area contributed by atoms with Gasteiger partial charge in [-0.05, 0) is 35.7 Å². The molecule has 0 radical (unpaired) electrons. The van der Waals surface area contributed by atoms with Crippen LogP contribution >= 0.6 is 0 Å². The zero-order valence-corrected chi connectivity index (χ0v) is 8.68. The smallest absolute Gasteiger partial charge is 0.303 e. The lowest BCUT2D eigenvalue weighted by Gasteiger charge is -2.09. The number of hydrogen-bond acceptors (Lipinski definition) is 2. The van der Waals surface area contributed by atoms with Crippen LogP contribution in [0.3, 0.4) is 0 Å². The average molecular weight is 241 g/mol. The van der Waals surface area contributed by atoms with Gasteiger partial charge in [0.05, 0.1) is 12.5 Å². The first-order chi connectivity index (χ1) is 8.02. The number of rotatable bonds is 5. The lowest BCUT2D eigenvalue weighted by atomic mass is 10.0. The summed E-state index contributed by atoms with van der Waals surface area (Å²) in [4.78, 5) is 13.0. The van der Waals surface area contributed by atoms with Crippen LogP contribution in [-0.4, -0.2) is 17.1 Å². The maximum atomic E-state index is 13.3. The molecule has 0 heterocycles. The van der Waals surface area contributed by atoms with Gasteiger partial charge in [-0.25, -0.2) is 8.78 Å². The Morgan fingerprint density at radius 2 is 2.24 bits per heavy atom. The summed E-state index contributed by atoms with van der Waals surface area (Å²) >= 11 is 0. The quantitative estimate of drug-likeness (QED) is 0.488.